The third-order valence-electron chi connectivity index (χ3n) is 4.42. The molecule has 1 aliphatic rings. The van der Waals surface area contributed by atoms with Gasteiger partial charge in [0.1, 0.15) is 5.82 Å². The molecule has 1 aliphatic heterocycles. The number of benzene rings is 1. The van der Waals surface area contributed by atoms with Crippen LogP contribution in [-0.2, 0) is 6.54 Å². The molecule has 25 heavy (non-hydrogen) atoms. The summed E-state index contributed by atoms with van der Waals surface area (Å²) in [6.07, 6.45) is 2.29. The molecule has 0 aromatic heterocycles. The van der Waals surface area contributed by atoms with E-state index < -0.39 is 0 Å². The van der Waals surface area contributed by atoms with E-state index in [4.69, 9.17) is 0 Å². The normalized spacial score (nSPS) is 16.4. The molecule has 1 aromatic carbocycles. The number of guanidine groups is 1. The Morgan fingerprint density at radius 1 is 1.12 bits per heavy atom. The first-order valence-corrected chi connectivity index (χ1v) is 8.78. The maximum absolute atomic E-state index is 13.6. The van der Waals surface area contributed by atoms with Crippen LogP contribution in [0, 0.1) is 5.82 Å². The third-order valence-corrected chi connectivity index (χ3v) is 4.42. The Morgan fingerprint density at radius 2 is 1.84 bits per heavy atom. The molecule has 0 spiro atoms. The Hall–Kier alpha value is -0.930. The zero-order chi connectivity index (χ0) is 17.2. The minimum absolute atomic E-state index is 0. The van der Waals surface area contributed by atoms with Gasteiger partial charge < -0.3 is 20.4 Å². The van der Waals surface area contributed by atoms with Crippen molar-refractivity contribution in [3.8, 4) is 0 Å². The second-order valence-electron chi connectivity index (χ2n) is 6.30. The van der Waals surface area contributed by atoms with Crippen molar-refractivity contribution in [1.82, 2.24) is 20.4 Å². The molecule has 0 amide bonds. The van der Waals surface area contributed by atoms with Crippen LogP contribution in [0.1, 0.15) is 18.4 Å². The van der Waals surface area contributed by atoms with Crippen molar-refractivity contribution in [2.75, 3.05) is 53.4 Å². The highest BCUT2D eigenvalue weighted by molar-refractivity contribution is 14.0. The molecule has 1 aromatic rings. The fraction of sp³-hybridized carbons (Fsp3) is 0.611. The minimum atomic E-state index is -0.187. The van der Waals surface area contributed by atoms with Gasteiger partial charge in [-0.2, -0.15) is 0 Å². The van der Waals surface area contributed by atoms with Gasteiger partial charge in [0.15, 0.2) is 5.96 Å². The van der Waals surface area contributed by atoms with Gasteiger partial charge in [0.05, 0.1) is 0 Å². The number of hydrogen-bond donors (Lipinski definition) is 2. The Morgan fingerprint density at radius 3 is 2.52 bits per heavy atom. The second kappa shape index (κ2) is 12.4. The highest BCUT2D eigenvalue weighted by Gasteiger charge is 2.12. The molecule has 7 heteroatoms. The molecule has 1 fully saturated rings. The first-order chi connectivity index (χ1) is 11.7. The molecule has 142 valence electrons. The van der Waals surface area contributed by atoms with Crippen LogP contribution in [0.2, 0.25) is 0 Å². The topological polar surface area (TPSA) is 42.9 Å². The fourth-order valence-corrected chi connectivity index (χ4v) is 2.78. The lowest BCUT2D eigenvalue weighted by Crippen LogP contribution is -2.44. The van der Waals surface area contributed by atoms with Crippen LogP contribution >= 0.6 is 24.0 Å². The van der Waals surface area contributed by atoms with E-state index in [0.29, 0.717) is 12.1 Å². The van der Waals surface area contributed by atoms with Gasteiger partial charge in [-0.15, -0.1) is 24.0 Å². The van der Waals surface area contributed by atoms with E-state index in [-0.39, 0.29) is 29.8 Å². The Bertz CT molecular complexity index is 518. The lowest BCUT2D eigenvalue weighted by atomic mass is 10.2. The summed E-state index contributed by atoms with van der Waals surface area (Å²) in [5.74, 6) is 0.533. The molecule has 0 saturated carbocycles. The van der Waals surface area contributed by atoms with Gasteiger partial charge in [-0.05, 0) is 32.5 Å². The van der Waals surface area contributed by atoms with E-state index in [9.17, 15) is 4.39 Å². The summed E-state index contributed by atoms with van der Waals surface area (Å²) in [5, 5.41) is 6.45. The minimum Gasteiger partial charge on any atom is -0.356 e. The van der Waals surface area contributed by atoms with Crippen LogP contribution in [-0.4, -0.2) is 69.1 Å². The third kappa shape index (κ3) is 8.33. The summed E-state index contributed by atoms with van der Waals surface area (Å²) in [7, 11) is 3.92. The molecular weight excluding hydrogens is 432 g/mol. The van der Waals surface area contributed by atoms with Gasteiger partial charge in [-0.3, -0.25) is 4.99 Å². The molecule has 0 radical (unpaired) electrons. The summed E-state index contributed by atoms with van der Waals surface area (Å²) in [6, 6.07) is 6.80. The first-order valence-electron chi connectivity index (χ1n) is 8.78. The van der Waals surface area contributed by atoms with Gasteiger partial charge in [-0.25, -0.2) is 4.39 Å². The van der Waals surface area contributed by atoms with E-state index in [0.717, 1.165) is 25.5 Å². The van der Waals surface area contributed by atoms with Crippen LogP contribution in [0.3, 0.4) is 0 Å². The quantitative estimate of drug-likeness (QED) is 0.282. The number of halogens is 2. The average molecular weight is 463 g/mol. The maximum atomic E-state index is 13.6. The van der Waals surface area contributed by atoms with E-state index in [2.05, 4.69) is 32.5 Å². The van der Waals surface area contributed by atoms with Crippen molar-refractivity contribution >= 4 is 29.9 Å². The van der Waals surface area contributed by atoms with E-state index >= 15 is 0 Å². The summed E-state index contributed by atoms with van der Waals surface area (Å²) < 4.78 is 13.6. The lowest BCUT2D eigenvalue weighted by molar-refractivity contribution is 0.152. The van der Waals surface area contributed by atoms with E-state index in [1.807, 2.05) is 6.07 Å². The predicted octanol–water partition coefficient (Wildman–Crippen LogP) is 2.14. The van der Waals surface area contributed by atoms with Crippen molar-refractivity contribution in [2.45, 2.75) is 19.4 Å². The summed E-state index contributed by atoms with van der Waals surface area (Å²) >= 11 is 0. The monoisotopic (exact) mass is 463 g/mol. The van der Waals surface area contributed by atoms with E-state index in [1.54, 1.807) is 19.2 Å². The predicted molar refractivity (Wildman–Crippen MR) is 113 cm³/mol. The number of nitrogens with zero attached hydrogens (tertiary/aromatic N) is 3. The van der Waals surface area contributed by atoms with Gasteiger partial charge in [0.2, 0.25) is 0 Å². The molecule has 5 nitrogen and oxygen atoms in total. The van der Waals surface area contributed by atoms with Crippen molar-refractivity contribution < 1.29 is 4.39 Å². The second-order valence-corrected chi connectivity index (χ2v) is 6.30. The van der Waals surface area contributed by atoms with Crippen LogP contribution in [0.15, 0.2) is 29.3 Å². The maximum Gasteiger partial charge on any atom is 0.191 e. The Kier molecular flexibility index (Phi) is 11.0. The molecule has 0 unspecified atom stereocenters. The zero-order valence-electron chi connectivity index (χ0n) is 15.3. The number of rotatable bonds is 7. The lowest BCUT2D eigenvalue weighted by Gasteiger charge is -2.32. The Balaban J connectivity index is 0.00000312. The molecule has 2 rings (SSSR count). The molecule has 2 N–H and O–H groups in total. The smallest absolute Gasteiger partial charge is 0.191 e. The summed E-state index contributed by atoms with van der Waals surface area (Å²) in [5.41, 5.74) is 0.649. The molecular formula is C18H31FIN5. The van der Waals surface area contributed by atoms with E-state index in [1.165, 1.54) is 38.7 Å². The molecule has 1 heterocycles. The van der Waals surface area contributed by atoms with Crippen LogP contribution in [0.4, 0.5) is 4.39 Å². The largest absolute Gasteiger partial charge is 0.356 e. The van der Waals surface area contributed by atoms with Crippen LogP contribution in [0.25, 0.3) is 0 Å². The van der Waals surface area contributed by atoms with Crippen LogP contribution in [0.5, 0.6) is 0 Å². The zero-order valence-corrected chi connectivity index (χ0v) is 17.6. The molecule has 0 aliphatic carbocycles. The highest BCUT2D eigenvalue weighted by atomic mass is 127. The fourth-order valence-electron chi connectivity index (χ4n) is 2.78. The van der Waals surface area contributed by atoms with Gasteiger partial charge >= 0.3 is 0 Å². The van der Waals surface area contributed by atoms with Crippen LogP contribution < -0.4 is 10.6 Å². The summed E-state index contributed by atoms with van der Waals surface area (Å²) in [6.45, 7) is 7.18. The van der Waals surface area contributed by atoms with Gasteiger partial charge in [-0.1, -0.05) is 18.2 Å². The average Bonchev–Trinajstić information content (AvgIpc) is 2.60. The molecule has 0 bridgehead atoms. The standard InChI is InChI=1S/C18H30FN5.HI/c1-20-18(22-15-16-7-3-4-8-17(16)19)21-9-5-6-10-24-13-11-23(2)12-14-24;/h3-4,7-8H,5-6,9-15H2,1-2H3,(H2,20,21,22);1H. The highest BCUT2D eigenvalue weighted by Crippen LogP contribution is 2.05. The molecule has 1 saturated heterocycles. The van der Waals surface area contributed by atoms with Crippen molar-refractivity contribution in [3.63, 3.8) is 0 Å². The van der Waals surface area contributed by atoms with Gasteiger partial charge in [0.25, 0.3) is 0 Å². The first kappa shape index (κ1) is 22.1. The van der Waals surface area contributed by atoms with Crippen molar-refractivity contribution in [1.29, 1.82) is 0 Å². The van der Waals surface area contributed by atoms with Crippen molar-refractivity contribution in [2.24, 2.45) is 4.99 Å². The number of hydrogen-bond acceptors (Lipinski definition) is 3. The number of piperazine rings is 1. The molecule has 0 atom stereocenters. The number of nitrogens with one attached hydrogen (secondary N) is 2. The number of aliphatic imine (C=N–C) groups is 1. The Labute approximate surface area is 168 Å². The summed E-state index contributed by atoms with van der Waals surface area (Å²) in [4.78, 5) is 9.10. The van der Waals surface area contributed by atoms with Gasteiger partial charge in [0, 0.05) is 51.9 Å². The number of likely N-dealkylation sites (N-methyl/N-ethyl adjacent to an activating group) is 1. The number of unbranched alkanes of at least 4 members (excludes halogenated alkanes) is 1. The SMILES string of the molecule is CN=C(NCCCCN1CCN(C)CC1)NCc1ccccc1F.I. The van der Waals surface area contributed by atoms with Crippen molar-refractivity contribution in [3.05, 3.63) is 35.6 Å².